The standard InChI is InChI=1S/C28H32O5/c1-27(2,3)22-13-11-21(12-14-22)24(29)18-25(30)28(32-5)16-15-20(17-26(28)31-4)19-33-23-9-7-6-8-10-23/h6-17,26H,18-19H2,1-5H3. The van der Waals surface area contributed by atoms with Crippen LogP contribution in [0.25, 0.3) is 0 Å². The maximum Gasteiger partial charge on any atom is 0.179 e. The molecule has 0 bridgehead atoms. The molecule has 2 aromatic carbocycles. The monoisotopic (exact) mass is 448 g/mol. The number of hydrogen-bond donors (Lipinski definition) is 0. The van der Waals surface area contributed by atoms with E-state index in [9.17, 15) is 9.59 Å². The van der Waals surface area contributed by atoms with Gasteiger partial charge in [-0.2, -0.15) is 0 Å². The second-order valence-electron chi connectivity index (χ2n) is 9.18. The highest BCUT2D eigenvalue weighted by Gasteiger charge is 2.45. The number of para-hydroxylation sites is 1. The predicted octanol–water partition coefficient (Wildman–Crippen LogP) is 5.10. The molecule has 3 rings (SSSR count). The fourth-order valence-corrected chi connectivity index (χ4v) is 3.81. The van der Waals surface area contributed by atoms with Crippen LogP contribution in [0.5, 0.6) is 5.75 Å². The second-order valence-corrected chi connectivity index (χ2v) is 9.18. The molecule has 0 N–H and O–H groups in total. The number of ketones is 2. The average Bonchev–Trinajstić information content (AvgIpc) is 2.82. The van der Waals surface area contributed by atoms with Crippen LogP contribution in [-0.4, -0.2) is 44.1 Å². The lowest BCUT2D eigenvalue weighted by molar-refractivity contribution is -0.145. The topological polar surface area (TPSA) is 61.8 Å². The second kappa shape index (κ2) is 10.3. The van der Waals surface area contributed by atoms with Crippen molar-refractivity contribution < 1.29 is 23.8 Å². The van der Waals surface area contributed by atoms with Crippen LogP contribution in [0.15, 0.2) is 78.4 Å². The van der Waals surface area contributed by atoms with Gasteiger partial charge in [0, 0.05) is 19.8 Å². The molecule has 33 heavy (non-hydrogen) atoms. The number of ether oxygens (including phenoxy) is 3. The van der Waals surface area contributed by atoms with Crippen molar-refractivity contribution >= 4 is 11.6 Å². The summed E-state index contributed by atoms with van der Waals surface area (Å²) >= 11 is 0. The molecule has 2 aromatic rings. The van der Waals surface area contributed by atoms with Crippen molar-refractivity contribution in [2.75, 3.05) is 20.8 Å². The Kier molecular flexibility index (Phi) is 7.67. The Morgan fingerprint density at radius 2 is 1.64 bits per heavy atom. The van der Waals surface area contributed by atoms with Crippen molar-refractivity contribution in [3.63, 3.8) is 0 Å². The first kappa shape index (κ1) is 24.6. The quantitative estimate of drug-likeness (QED) is 0.394. The van der Waals surface area contributed by atoms with E-state index in [2.05, 4.69) is 20.8 Å². The van der Waals surface area contributed by atoms with Gasteiger partial charge in [0.25, 0.3) is 0 Å². The Balaban J connectivity index is 1.71. The highest BCUT2D eigenvalue weighted by molar-refractivity contribution is 6.11. The molecular weight excluding hydrogens is 416 g/mol. The summed E-state index contributed by atoms with van der Waals surface area (Å²) < 4.78 is 17.1. The molecule has 174 valence electrons. The molecule has 0 saturated carbocycles. The summed E-state index contributed by atoms with van der Waals surface area (Å²) in [5.41, 5.74) is 1.11. The van der Waals surface area contributed by atoms with Crippen molar-refractivity contribution in [1.29, 1.82) is 0 Å². The van der Waals surface area contributed by atoms with Gasteiger partial charge in [-0.15, -0.1) is 0 Å². The summed E-state index contributed by atoms with van der Waals surface area (Å²) in [7, 11) is 2.97. The molecule has 0 aromatic heterocycles. The van der Waals surface area contributed by atoms with Crippen molar-refractivity contribution in [3.8, 4) is 5.75 Å². The van der Waals surface area contributed by atoms with Crippen LogP contribution in [0.2, 0.25) is 0 Å². The smallest absolute Gasteiger partial charge is 0.179 e. The summed E-state index contributed by atoms with van der Waals surface area (Å²) in [4.78, 5) is 26.1. The molecule has 0 heterocycles. The zero-order valence-electron chi connectivity index (χ0n) is 20.0. The Morgan fingerprint density at radius 1 is 0.970 bits per heavy atom. The van der Waals surface area contributed by atoms with Gasteiger partial charge < -0.3 is 14.2 Å². The summed E-state index contributed by atoms with van der Waals surface area (Å²) in [6.45, 7) is 6.67. The van der Waals surface area contributed by atoms with E-state index in [1.165, 1.54) is 14.2 Å². The Hall–Kier alpha value is -3.02. The van der Waals surface area contributed by atoms with E-state index < -0.39 is 11.7 Å². The molecule has 1 aliphatic rings. The number of benzene rings is 2. The Morgan fingerprint density at radius 3 is 2.21 bits per heavy atom. The molecule has 2 unspecified atom stereocenters. The third-order valence-electron chi connectivity index (χ3n) is 5.90. The molecule has 0 aliphatic heterocycles. The van der Waals surface area contributed by atoms with Gasteiger partial charge in [0.1, 0.15) is 18.5 Å². The van der Waals surface area contributed by atoms with Gasteiger partial charge in [-0.3, -0.25) is 9.59 Å². The summed E-state index contributed by atoms with van der Waals surface area (Å²) in [6, 6.07) is 16.9. The Bertz CT molecular complexity index is 1030. The van der Waals surface area contributed by atoms with Crippen LogP contribution in [0.3, 0.4) is 0 Å². The van der Waals surface area contributed by atoms with Crippen molar-refractivity contribution in [1.82, 2.24) is 0 Å². The van der Waals surface area contributed by atoms with E-state index in [-0.39, 0.29) is 23.4 Å². The van der Waals surface area contributed by atoms with Crippen LogP contribution in [-0.2, 0) is 19.7 Å². The summed E-state index contributed by atoms with van der Waals surface area (Å²) in [6.07, 6.45) is 4.32. The lowest BCUT2D eigenvalue weighted by Crippen LogP contribution is -2.51. The zero-order valence-corrected chi connectivity index (χ0v) is 20.0. The molecule has 0 saturated heterocycles. The number of rotatable bonds is 9. The fourth-order valence-electron chi connectivity index (χ4n) is 3.81. The molecule has 1 aliphatic carbocycles. The summed E-state index contributed by atoms with van der Waals surface area (Å²) in [5.74, 6) is 0.156. The largest absolute Gasteiger partial charge is 0.489 e. The first-order valence-corrected chi connectivity index (χ1v) is 11.0. The minimum atomic E-state index is -1.37. The van der Waals surface area contributed by atoms with Gasteiger partial charge in [0.15, 0.2) is 17.2 Å². The molecule has 5 heteroatoms. The third-order valence-corrected chi connectivity index (χ3v) is 5.90. The molecule has 0 amide bonds. The molecule has 0 fully saturated rings. The maximum absolute atomic E-state index is 13.3. The number of methoxy groups -OCH3 is 2. The van der Waals surface area contributed by atoms with E-state index in [1.54, 1.807) is 24.3 Å². The maximum atomic E-state index is 13.3. The van der Waals surface area contributed by atoms with Gasteiger partial charge in [-0.05, 0) is 40.8 Å². The van der Waals surface area contributed by atoms with Crippen molar-refractivity contribution in [2.45, 2.75) is 44.3 Å². The van der Waals surface area contributed by atoms with Gasteiger partial charge in [-0.1, -0.05) is 69.3 Å². The van der Waals surface area contributed by atoms with Gasteiger partial charge in [0.2, 0.25) is 0 Å². The fraction of sp³-hybridized carbons (Fsp3) is 0.357. The van der Waals surface area contributed by atoms with Crippen LogP contribution >= 0.6 is 0 Å². The van der Waals surface area contributed by atoms with Gasteiger partial charge in [-0.25, -0.2) is 0 Å². The van der Waals surface area contributed by atoms with Crippen molar-refractivity contribution in [2.24, 2.45) is 0 Å². The SMILES string of the molecule is COC1C=C(COc2ccccc2)C=CC1(OC)C(=O)CC(=O)c1ccc(C(C)(C)C)cc1. The number of carbonyl (C=O) groups excluding carboxylic acids is 2. The van der Waals surface area contributed by atoms with E-state index in [1.807, 2.05) is 48.5 Å². The number of carbonyl (C=O) groups is 2. The van der Waals surface area contributed by atoms with E-state index in [0.717, 1.165) is 16.9 Å². The zero-order chi connectivity index (χ0) is 24.1. The lowest BCUT2D eigenvalue weighted by Gasteiger charge is -2.36. The van der Waals surface area contributed by atoms with Gasteiger partial charge in [0.05, 0.1) is 6.42 Å². The summed E-state index contributed by atoms with van der Waals surface area (Å²) in [5, 5.41) is 0. The Labute approximate surface area is 196 Å². The van der Waals surface area contributed by atoms with E-state index in [4.69, 9.17) is 14.2 Å². The number of hydrogen-bond acceptors (Lipinski definition) is 5. The molecule has 0 spiro atoms. The van der Waals surface area contributed by atoms with Crippen LogP contribution in [0.4, 0.5) is 0 Å². The molecule has 0 radical (unpaired) electrons. The van der Waals surface area contributed by atoms with Crippen LogP contribution in [0, 0.1) is 0 Å². The van der Waals surface area contributed by atoms with Crippen molar-refractivity contribution in [3.05, 3.63) is 89.5 Å². The third kappa shape index (κ3) is 5.67. The van der Waals surface area contributed by atoms with E-state index >= 15 is 0 Å². The lowest BCUT2D eigenvalue weighted by atomic mass is 9.82. The minimum absolute atomic E-state index is 0.00957. The highest BCUT2D eigenvalue weighted by atomic mass is 16.5. The van der Waals surface area contributed by atoms with E-state index in [0.29, 0.717) is 12.2 Å². The first-order valence-electron chi connectivity index (χ1n) is 11.0. The average molecular weight is 449 g/mol. The minimum Gasteiger partial charge on any atom is -0.489 e. The van der Waals surface area contributed by atoms with Gasteiger partial charge >= 0.3 is 0 Å². The number of Topliss-reactive ketones (excluding diaryl/α,β-unsaturated/α-hetero) is 2. The first-order chi connectivity index (χ1) is 15.7. The van der Waals surface area contributed by atoms with Crippen LogP contribution < -0.4 is 4.74 Å². The highest BCUT2D eigenvalue weighted by Crippen LogP contribution is 2.30. The molecule has 5 nitrogen and oxygen atoms in total. The predicted molar refractivity (Wildman–Crippen MR) is 129 cm³/mol. The normalized spacial score (nSPS) is 20.3. The molecular formula is C28H32O5. The van der Waals surface area contributed by atoms with Crippen LogP contribution in [0.1, 0.15) is 43.1 Å². The molecule has 2 atom stereocenters.